The van der Waals surface area contributed by atoms with Crippen LogP contribution in [0.3, 0.4) is 0 Å². The van der Waals surface area contributed by atoms with Gasteiger partial charge < -0.3 is 19.5 Å². The number of imidazole rings is 1. The van der Waals surface area contributed by atoms with Gasteiger partial charge >= 0.3 is 0 Å². The molecule has 178 valence electrons. The maximum Gasteiger partial charge on any atom is 0.286 e. The summed E-state index contributed by atoms with van der Waals surface area (Å²) in [6.07, 6.45) is 3.28. The molecule has 34 heavy (non-hydrogen) atoms. The molecule has 1 aromatic carbocycles. The zero-order valence-electron chi connectivity index (χ0n) is 18.5. The third kappa shape index (κ3) is 3.68. The van der Waals surface area contributed by atoms with Gasteiger partial charge in [0, 0.05) is 25.2 Å². The summed E-state index contributed by atoms with van der Waals surface area (Å²) in [5.41, 5.74) is 3.65. The Hall–Kier alpha value is -3.83. The van der Waals surface area contributed by atoms with Crippen LogP contribution in [0, 0.1) is 0 Å². The van der Waals surface area contributed by atoms with Crippen LogP contribution in [0.4, 0.5) is 19.1 Å². The van der Waals surface area contributed by atoms with E-state index in [1.807, 2.05) is 24.3 Å². The van der Waals surface area contributed by atoms with Crippen LogP contribution in [0.15, 0.2) is 36.8 Å². The van der Waals surface area contributed by atoms with Crippen LogP contribution in [0.1, 0.15) is 6.92 Å². The molecule has 1 aliphatic heterocycles. The normalized spacial score (nSPS) is 17.6. The molecule has 0 spiro atoms. The van der Waals surface area contributed by atoms with E-state index in [9.17, 15) is 18.0 Å². The molecule has 0 radical (unpaired) electrons. The molecule has 5 rings (SSSR count). The number of aromatic nitrogens is 5. The first kappa shape index (κ1) is 22.0. The van der Waals surface area contributed by atoms with Crippen LogP contribution in [0.2, 0.25) is 0 Å². The molecule has 1 amide bonds. The molecular formula is C22H22F3N7O2. The molecular weight excluding hydrogens is 451 g/mol. The summed E-state index contributed by atoms with van der Waals surface area (Å²) < 4.78 is 50.5. The molecule has 12 heteroatoms. The standard InChI is InChI=1S/C22H22F3N7O2/c1-13(33)31-10-18(22(24,25)11-31)27-21-28-20(34-2)19-15(5-7-32(19)29-21)14-3-4-16-17(9-14)30(8-6-23)12-26-16/h3-5,7,9,12,18H,6,8,10-11H2,1-2H3,(H,27,29)/t18-/m1/s1. The Morgan fingerprint density at radius 1 is 1.32 bits per heavy atom. The minimum absolute atomic E-state index is 0.0435. The highest BCUT2D eigenvalue weighted by Crippen LogP contribution is 2.34. The third-order valence-corrected chi connectivity index (χ3v) is 5.99. The average molecular weight is 473 g/mol. The molecule has 9 nitrogen and oxygen atoms in total. The summed E-state index contributed by atoms with van der Waals surface area (Å²) in [6.45, 7) is 0.134. The molecule has 4 aromatic rings. The number of carbonyl (C=O) groups excluding carboxylic acids is 1. The number of rotatable bonds is 6. The number of fused-ring (bicyclic) bond motifs is 2. The lowest BCUT2D eigenvalue weighted by Crippen LogP contribution is -2.38. The quantitative estimate of drug-likeness (QED) is 0.463. The highest BCUT2D eigenvalue weighted by Gasteiger charge is 2.49. The Morgan fingerprint density at radius 3 is 2.85 bits per heavy atom. The fourth-order valence-corrected chi connectivity index (χ4v) is 4.25. The molecule has 1 N–H and O–H groups in total. The molecule has 3 aromatic heterocycles. The van der Waals surface area contributed by atoms with E-state index >= 15 is 0 Å². The van der Waals surface area contributed by atoms with Crippen LogP contribution in [-0.4, -0.2) is 73.8 Å². The molecule has 0 bridgehead atoms. The van der Waals surface area contributed by atoms with Crippen LogP contribution in [0.5, 0.6) is 5.88 Å². The third-order valence-electron chi connectivity index (χ3n) is 5.99. The summed E-state index contributed by atoms with van der Waals surface area (Å²) in [5, 5.41) is 7.00. The minimum Gasteiger partial charge on any atom is -0.479 e. The van der Waals surface area contributed by atoms with Gasteiger partial charge in [-0.15, -0.1) is 5.10 Å². The maximum absolute atomic E-state index is 14.4. The number of nitrogens with one attached hydrogen (secondary N) is 1. The van der Waals surface area contributed by atoms with Crippen LogP contribution >= 0.6 is 0 Å². The highest BCUT2D eigenvalue weighted by atomic mass is 19.3. The predicted octanol–water partition coefficient (Wildman–Crippen LogP) is 3.00. The van der Waals surface area contributed by atoms with Gasteiger partial charge in [0.25, 0.3) is 5.92 Å². The molecule has 0 aliphatic carbocycles. The van der Waals surface area contributed by atoms with Crippen molar-refractivity contribution in [2.24, 2.45) is 0 Å². The first-order valence-electron chi connectivity index (χ1n) is 10.6. The van der Waals surface area contributed by atoms with E-state index in [4.69, 9.17) is 4.74 Å². The Kier molecular flexibility index (Phi) is 5.29. The van der Waals surface area contributed by atoms with Crippen molar-refractivity contribution < 1.29 is 22.7 Å². The number of likely N-dealkylation sites (tertiary alicyclic amines) is 1. The van der Waals surface area contributed by atoms with Gasteiger partial charge in [0.1, 0.15) is 18.2 Å². The second-order valence-corrected chi connectivity index (χ2v) is 8.16. The Balaban J connectivity index is 1.52. The van der Waals surface area contributed by atoms with Gasteiger partial charge in [-0.3, -0.25) is 4.79 Å². The number of hydrogen-bond donors (Lipinski definition) is 1. The molecule has 1 atom stereocenters. The smallest absolute Gasteiger partial charge is 0.286 e. The number of anilines is 1. The van der Waals surface area contributed by atoms with E-state index in [0.29, 0.717) is 5.52 Å². The van der Waals surface area contributed by atoms with Gasteiger partial charge in [-0.25, -0.2) is 22.7 Å². The zero-order chi connectivity index (χ0) is 24.0. The summed E-state index contributed by atoms with van der Waals surface area (Å²) in [6, 6.07) is 6.11. The fraction of sp³-hybridized carbons (Fsp3) is 0.364. The molecule has 1 aliphatic rings. The molecule has 0 unspecified atom stereocenters. The van der Waals surface area contributed by atoms with Gasteiger partial charge in [0.15, 0.2) is 0 Å². The number of nitrogens with zero attached hydrogens (tertiary/aromatic N) is 6. The van der Waals surface area contributed by atoms with Crippen molar-refractivity contribution in [3.05, 3.63) is 36.8 Å². The van der Waals surface area contributed by atoms with Crippen molar-refractivity contribution in [1.82, 2.24) is 29.0 Å². The first-order valence-corrected chi connectivity index (χ1v) is 10.6. The van der Waals surface area contributed by atoms with Gasteiger partial charge in [0.2, 0.25) is 17.7 Å². The maximum atomic E-state index is 14.4. The second-order valence-electron chi connectivity index (χ2n) is 8.16. The number of methoxy groups -OCH3 is 1. The number of alkyl halides is 3. The number of aryl methyl sites for hydroxylation is 1. The second kappa shape index (κ2) is 8.19. The van der Waals surface area contributed by atoms with Gasteiger partial charge in [0.05, 0.1) is 37.6 Å². The van der Waals surface area contributed by atoms with Gasteiger partial charge in [-0.1, -0.05) is 6.07 Å². The van der Waals surface area contributed by atoms with Crippen molar-refractivity contribution >= 4 is 28.4 Å². The summed E-state index contributed by atoms with van der Waals surface area (Å²) in [5.74, 6) is -3.40. The van der Waals surface area contributed by atoms with Crippen molar-refractivity contribution in [1.29, 1.82) is 0 Å². The Labute approximate surface area is 192 Å². The lowest BCUT2D eigenvalue weighted by atomic mass is 10.1. The molecule has 1 fully saturated rings. The lowest BCUT2D eigenvalue weighted by molar-refractivity contribution is -0.129. The summed E-state index contributed by atoms with van der Waals surface area (Å²) in [4.78, 5) is 21.2. The van der Waals surface area contributed by atoms with E-state index in [1.165, 1.54) is 18.5 Å². The number of halogens is 3. The van der Waals surface area contributed by atoms with Crippen molar-refractivity contribution in [3.63, 3.8) is 0 Å². The van der Waals surface area contributed by atoms with E-state index in [0.717, 1.165) is 27.1 Å². The predicted molar refractivity (Wildman–Crippen MR) is 119 cm³/mol. The molecule has 4 heterocycles. The average Bonchev–Trinajstić information content (AvgIpc) is 3.49. The van der Waals surface area contributed by atoms with E-state index < -0.39 is 31.1 Å². The van der Waals surface area contributed by atoms with Crippen LogP contribution < -0.4 is 10.1 Å². The first-order chi connectivity index (χ1) is 16.3. The largest absolute Gasteiger partial charge is 0.479 e. The van der Waals surface area contributed by atoms with Crippen molar-refractivity contribution in [2.45, 2.75) is 25.4 Å². The highest BCUT2D eigenvalue weighted by molar-refractivity contribution is 5.89. The van der Waals surface area contributed by atoms with Crippen LogP contribution in [0.25, 0.3) is 27.7 Å². The number of carbonyl (C=O) groups is 1. The monoisotopic (exact) mass is 473 g/mol. The summed E-state index contributed by atoms with van der Waals surface area (Å²) >= 11 is 0. The zero-order valence-corrected chi connectivity index (χ0v) is 18.5. The summed E-state index contributed by atoms with van der Waals surface area (Å²) in [7, 11) is 1.43. The SMILES string of the molecule is COc1nc(N[C@@H]2CN(C(C)=O)CC2(F)F)nn2ccc(-c3ccc4ncn(CCF)c4c3)c12. The van der Waals surface area contributed by atoms with E-state index in [2.05, 4.69) is 20.4 Å². The topological polar surface area (TPSA) is 89.6 Å². The van der Waals surface area contributed by atoms with Crippen molar-refractivity contribution in [2.75, 3.05) is 32.2 Å². The number of benzene rings is 1. The molecule has 0 saturated carbocycles. The molecule has 1 saturated heterocycles. The van der Waals surface area contributed by atoms with E-state index in [1.54, 1.807) is 17.1 Å². The van der Waals surface area contributed by atoms with Crippen molar-refractivity contribution in [3.8, 4) is 17.0 Å². The number of amides is 1. The lowest BCUT2D eigenvalue weighted by Gasteiger charge is -2.19. The Bertz CT molecular complexity index is 1380. The Morgan fingerprint density at radius 2 is 2.15 bits per heavy atom. The minimum atomic E-state index is -3.13. The van der Waals surface area contributed by atoms with Gasteiger partial charge in [-0.2, -0.15) is 4.98 Å². The number of hydrogen-bond acceptors (Lipinski definition) is 6. The van der Waals surface area contributed by atoms with E-state index in [-0.39, 0.29) is 24.9 Å². The van der Waals surface area contributed by atoms with Crippen LogP contribution in [-0.2, 0) is 11.3 Å². The van der Waals surface area contributed by atoms with Gasteiger partial charge in [-0.05, 0) is 23.8 Å². The number of ether oxygens (including phenoxy) is 1. The fourth-order valence-electron chi connectivity index (χ4n) is 4.25.